The number of nitrogens with one attached hydrogen (secondary N) is 1. The number of carbonyl (C=O) groups excluding carboxylic acids is 1. The molecule has 6 heteroatoms. The van der Waals surface area contributed by atoms with Crippen LogP contribution >= 0.6 is 0 Å². The highest BCUT2D eigenvalue weighted by atomic mass is 16.5. The third-order valence-corrected chi connectivity index (χ3v) is 6.50. The van der Waals surface area contributed by atoms with Gasteiger partial charge in [0, 0.05) is 38.3 Å². The van der Waals surface area contributed by atoms with Crippen molar-refractivity contribution >= 4 is 6.03 Å². The quantitative estimate of drug-likeness (QED) is 0.881. The lowest BCUT2D eigenvalue weighted by Crippen LogP contribution is -2.58. The number of nitrogens with zero attached hydrogens (tertiary/aromatic N) is 2. The maximum absolute atomic E-state index is 12.9. The number of urea groups is 1. The number of carbonyl (C=O) groups is 1. The largest absolute Gasteiger partial charge is 0.497 e. The molecule has 1 N–H and O–H groups in total. The fourth-order valence-corrected chi connectivity index (χ4v) is 4.86. The first kappa shape index (κ1) is 18.6. The van der Waals surface area contributed by atoms with Gasteiger partial charge in [-0.05, 0) is 42.5 Å². The van der Waals surface area contributed by atoms with Crippen LogP contribution in [0.2, 0.25) is 0 Å². The van der Waals surface area contributed by atoms with Crippen molar-refractivity contribution in [3.05, 3.63) is 29.3 Å². The standard InChI is InChI=1S/C21H31N3O3/c1-26-19-5-4-18-15-23(9-6-17(18)14-19)20(25)22-16-21(7-2-3-8-21)24-10-12-27-13-11-24/h4-5,14H,2-3,6-13,15-16H2,1H3,(H,22,25). The summed E-state index contributed by atoms with van der Waals surface area (Å²) in [7, 11) is 1.69. The maximum atomic E-state index is 12.9. The summed E-state index contributed by atoms with van der Waals surface area (Å²) >= 11 is 0. The molecule has 1 saturated carbocycles. The van der Waals surface area contributed by atoms with Crippen LogP contribution in [0.4, 0.5) is 4.79 Å². The zero-order valence-electron chi connectivity index (χ0n) is 16.3. The van der Waals surface area contributed by atoms with E-state index in [0.29, 0.717) is 6.54 Å². The van der Waals surface area contributed by atoms with E-state index in [0.717, 1.165) is 51.6 Å². The van der Waals surface area contributed by atoms with E-state index in [1.807, 2.05) is 11.0 Å². The Kier molecular flexibility index (Phi) is 5.55. The predicted molar refractivity (Wildman–Crippen MR) is 104 cm³/mol. The second-order valence-electron chi connectivity index (χ2n) is 8.00. The van der Waals surface area contributed by atoms with E-state index in [1.54, 1.807) is 7.11 Å². The topological polar surface area (TPSA) is 54.0 Å². The number of amides is 2. The van der Waals surface area contributed by atoms with Crippen LogP contribution in [0.3, 0.4) is 0 Å². The number of hydrogen-bond donors (Lipinski definition) is 1. The molecule has 0 radical (unpaired) electrons. The maximum Gasteiger partial charge on any atom is 0.317 e. The SMILES string of the molecule is COc1ccc2c(c1)CCN(C(=O)NCC1(N3CCOCC3)CCCC1)C2. The van der Waals surface area contributed by atoms with Crippen LogP contribution in [0, 0.1) is 0 Å². The Morgan fingerprint density at radius 1 is 1.19 bits per heavy atom. The molecule has 1 aromatic rings. The van der Waals surface area contributed by atoms with Crippen molar-refractivity contribution in [2.75, 3.05) is 46.5 Å². The number of ether oxygens (including phenoxy) is 2. The van der Waals surface area contributed by atoms with Crippen LogP contribution < -0.4 is 10.1 Å². The Bertz CT molecular complexity index is 667. The summed E-state index contributed by atoms with van der Waals surface area (Å²) in [6.45, 7) is 5.76. The van der Waals surface area contributed by atoms with Gasteiger partial charge in [0.1, 0.15) is 5.75 Å². The smallest absolute Gasteiger partial charge is 0.317 e. The van der Waals surface area contributed by atoms with Crippen molar-refractivity contribution < 1.29 is 14.3 Å². The van der Waals surface area contributed by atoms with Gasteiger partial charge in [-0.3, -0.25) is 4.90 Å². The van der Waals surface area contributed by atoms with E-state index in [4.69, 9.17) is 9.47 Å². The molecule has 3 aliphatic rings. The lowest BCUT2D eigenvalue weighted by molar-refractivity contribution is -0.0198. The van der Waals surface area contributed by atoms with E-state index < -0.39 is 0 Å². The third kappa shape index (κ3) is 3.92. The molecule has 2 aliphatic heterocycles. The van der Waals surface area contributed by atoms with E-state index in [1.165, 1.54) is 36.8 Å². The highest BCUT2D eigenvalue weighted by molar-refractivity contribution is 5.74. The molecule has 0 atom stereocenters. The Balaban J connectivity index is 1.37. The Morgan fingerprint density at radius 3 is 2.70 bits per heavy atom. The molecule has 148 valence electrons. The van der Waals surface area contributed by atoms with Crippen molar-refractivity contribution in [2.45, 2.75) is 44.2 Å². The molecule has 0 spiro atoms. The van der Waals surface area contributed by atoms with Crippen molar-refractivity contribution in [3.8, 4) is 5.75 Å². The Labute approximate surface area is 161 Å². The molecule has 2 amide bonds. The number of methoxy groups -OCH3 is 1. The molecule has 4 rings (SSSR count). The zero-order chi connectivity index (χ0) is 18.7. The van der Waals surface area contributed by atoms with Gasteiger partial charge in [0.15, 0.2) is 0 Å². The molecule has 1 aliphatic carbocycles. The summed E-state index contributed by atoms with van der Waals surface area (Å²) in [5.74, 6) is 0.889. The van der Waals surface area contributed by atoms with Crippen LogP contribution in [0.1, 0.15) is 36.8 Å². The number of fused-ring (bicyclic) bond motifs is 1. The average Bonchev–Trinajstić information content (AvgIpc) is 3.22. The molecule has 2 heterocycles. The summed E-state index contributed by atoms with van der Waals surface area (Å²) in [6.07, 6.45) is 5.75. The molecular formula is C21H31N3O3. The van der Waals surface area contributed by atoms with E-state index in [-0.39, 0.29) is 11.6 Å². The number of morpholine rings is 1. The third-order valence-electron chi connectivity index (χ3n) is 6.50. The highest BCUT2D eigenvalue weighted by Gasteiger charge is 2.40. The van der Waals surface area contributed by atoms with Gasteiger partial charge in [-0.25, -0.2) is 4.79 Å². The first-order chi connectivity index (χ1) is 13.2. The Morgan fingerprint density at radius 2 is 1.96 bits per heavy atom. The molecule has 0 aromatic heterocycles. The second kappa shape index (κ2) is 8.07. The number of hydrogen-bond acceptors (Lipinski definition) is 4. The van der Waals surface area contributed by atoms with Gasteiger partial charge < -0.3 is 19.7 Å². The molecular weight excluding hydrogens is 342 g/mol. The number of rotatable bonds is 4. The summed E-state index contributed by atoms with van der Waals surface area (Å²) in [6, 6.07) is 6.22. The minimum absolute atomic E-state index is 0.0657. The second-order valence-corrected chi connectivity index (χ2v) is 8.00. The molecule has 6 nitrogen and oxygen atoms in total. The van der Waals surface area contributed by atoms with Crippen LogP contribution in [0.5, 0.6) is 5.75 Å². The Hall–Kier alpha value is -1.79. The minimum atomic E-state index is 0.0657. The monoisotopic (exact) mass is 373 g/mol. The molecule has 0 bridgehead atoms. The van der Waals surface area contributed by atoms with Gasteiger partial charge in [0.25, 0.3) is 0 Å². The first-order valence-electron chi connectivity index (χ1n) is 10.2. The van der Waals surface area contributed by atoms with Gasteiger partial charge in [-0.15, -0.1) is 0 Å². The van der Waals surface area contributed by atoms with Crippen LogP contribution in [0.15, 0.2) is 18.2 Å². The average molecular weight is 373 g/mol. The highest BCUT2D eigenvalue weighted by Crippen LogP contribution is 2.35. The van der Waals surface area contributed by atoms with Crippen molar-refractivity contribution in [1.82, 2.24) is 15.1 Å². The normalized spacial score (nSPS) is 22.3. The molecule has 1 aromatic carbocycles. The summed E-state index contributed by atoms with van der Waals surface area (Å²) in [5.41, 5.74) is 2.64. The van der Waals surface area contributed by atoms with Gasteiger partial charge in [0.05, 0.1) is 20.3 Å². The predicted octanol–water partition coefficient (Wildman–Crippen LogP) is 2.41. The summed E-state index contributed by atoms with van der Waals surface area (Å²) in [5, 5.41) is 3.27. The van der Waals surface area contributed by atoms with Crippen LogP contribution in [0.25, 0.3) is 0 Å². The minimum Gasteiger partial charge on any atom is -0.497 e. The zero-order valence-corrected chi connectivity index (χ0v) is 16.3. The summed E-state index contributed by atoms with van der Waals surface area (Å²) in [4.78, 5) is 17.4. The summed E-state index contributed by atoms with van der Waals surface area (Å²) < 4.78 is 10.8. The first-order valence-corrected chi connectivity index (χ1v) is 10.2. The number of benzene rings is 1. The van der Waals surface area contributed by atoms with Gasteiger partial charge >= 0.3 is 6.03 Å². The fourth-order valence-electron chi connectivity index (χ4n) is 4.86. The molecule has 0 unspecified atom stereocenters. The molecule has 1 saturated heterocycles. The van der Waals surface area contributed by atoms with Crippen LogP contribution in [-0.2, 0) is 17.7 Å². The molecule has 2 fully saturated rings. The lowest BCUT2D eigenvalue weighted by atomic mass is 9.94. The van der Waals surface area contributed by atoms with Crippen molar-refractivity contribution in [1.29, 1.82) is 0 Å². The van der Waals surface area contributed by atoms with Crippen molar-refractivity contribution in [3.63, 3.8) is 0 Å². The van der Waals surface area contributed by atoms with E-state index >= 15 is 0 Å². The lowest BCUT2D eigenvalue weighted by Gasteiger charge is -2.44. The van der Waals surface area contributed by atoms with Crippen LogP contribution in [-0.4, -0.2) is 67.9 Å². The van der Waals surface area contributed by atoms with Crippen molar-refractivity contribution in [2.24, 2.45) is 0 Å². The molecule has 27 heavy (non-hydrogen) atoms. The van der Waals surface area contributed by atoms with Gasteiger partial charge in [-0.1, -0.05) is 18.9 Å². The van der Waals surface area contributed by atoms with E-state index in [9.17, 15) is 4.79 Å². The van der Waals surface area contributed by atoms with Gasteiger partial charge in [-0.2, -0.15) is 0 Å². The van der Waals surface area contributed by atoms with Gasteiger partial charge in [0.2, 0.25) is 0 Å². The van der Waals surface area contributed by atoms with E-state index in [2.05, 4.69) is 22.3 Å². The fraction of sp³-hybridized carbons (Fsp3) is 0.667.